The molecule has 31 heavy (non-hydrogen) atoms. The van der Waals surface area contributed by atoms with Crippen molar-refractivity contribution in [2.45, 2.75) is 19.5 Å². The van der Waals surface area contributed by atoms with Gasteiger partial charge in [-0.25, -0.2) is 0 Å². The molecule has 1 aliphatic rings. The van der Waals surface area contributed by atoms with Crippen LogP contribution >= 0.6 is 11.3 Å². The highest BCUT2D eigenvalue weighted by Crippen LogP contribution is 2.26. The molecule has 1 N–H and O–H groups in total. The summed E-state index contributed by atoms with van der Waals surface area (Å²) in [6.07, 6.45) is 0. The van der Waals surface area contributed by atoms with Gasteiger partial charge in [0.05, 0.1) is 16.6 Å². The van der Waals surface area contributed by atoms with Crippen LogP contribution in [0.1, 0.15) is 29.0 Å². The molecule has 0 radical (unpaired) electrons. The molecule has 1 aliphatic heterocycles. The standard InChI is InChI=1S/C23H27N5O2S/c1-17(18-7-4-3-5-8-18)24-22(29)16-28-20(21-9-6-14-31-21)15-19(25-28)23(30)27-12-10-26(2)11-13-27/h3-9,14-15,17H,10-13,16H2,1-2H3,(H,24,29). The van der Waals surface area contributed by atoms with Crippen molar-refractivity contribution in [3.05, 3.63) is 65.2 Å². The van der Waals surface area contributed by atoms with E-state index >= 15 is 0 Å². The maximum Gasteiger partial charge on any atom is 0.274 e. The van der Waals surface area contributed by atoms with E-state index < -0.39 is 0 Å². The van der Waals surface area contributed by atoms with Gasteiger partial charge in [0.2, 0.25) is 5.91 Å². The molecular formula is C23H27N5O2S. The van der Waals surface area contributed by atoms with E-state index in [0.717, 1.165) is 29.2 Å². The van der Waals surface area contributed by atoms with Gasteiger partial charge in [-0.3, -0.25) is 14.3 Å². The molecule has 8 heteroatoms. The first-order valence-electron chi connectivity index (χ1n) is 10.4. The first-order valence-corrected chi connectivity index (χ1v) is 11.3. The van der Waals surface area contributed by atoms with E-state index in [1.165, 1.54) is 0 Å². The second-order valence-electron chi connectivity index (χ2n) is 7.85. The van der Waals surface area contributed by atoms with Crippen LogP contribution in [0.25, 0.3) is 10.6 Å². The number of piperazine rings is 1. The lowest BCUT2D eigenvalue weighted by atomic mass is 10.1. The Morgan fingerprint density at radius 3 is 2.52 bits per heavy atom. The van der Waals surface area contributed by atoms with E-state index in [0.29, 0.717) is 18.8 Å². The Morgan fingerprint density at radius 2 is 1.84 bits per heavy atom. The van der Waals surface area contributed by atoms with Gasteiger partial charge in [-0.15, -0.1) is 11.3 Å². The second-order valence-corrected chi connectivity index (χ2v) is 8.79. The van der Waals surface area contributed by atoms with E-state index in [2.05, 4.69) is 22.4 Å². The second kappa shape index (κ2) is 9.45. The summed E-state index contributed by atoms with van der Waals surface area (Å²) in [5, 5.41) is 9.54. The first-order chi connectivity index (χ1) is 15.0. The molecule has 4 rings (SSSR count). The van der Waals surface area contributed by atoms with E-state index in [4.69, 9.17) is 0 Å². The van der Waals surface area contributed by atoms with Crippen molar-refractivity contribution in [1.29, 1.82) is 0 Å². The molecule has 1 atom stereocenters. The molecule has 2 aromatic heterocycles. The number of carbonyl (C=O) groups is 2. The van der Waals surface area contributed by atoms with Gasteiger partial charge in [0, 0.05) is 26.2 Å². The quantitative estimate of drug-likeness (QED) is 0.644. The van der Waals surface area contributed by atoms with Gasteiger partial charge in [-0.05, 0) is 37.0 Å². The number of carbonyl (C=O) groups excluding carboxylic acids is 2. The monoisotopic (exact) mass is 437 g/mol. The number of hydrogen-bond acceptors (Lipinski definition) is 5. The summed E-state index contributed by atoms with van der Waals surface area (Å²) in [5.74, 6) is -0.224. The third-order valence-corrected chi connectivity index (χ3v) is 6.43. The lowest BCUT2D eigenvalue weighted by Crippen LogP contribution is -2.47. The molecule has 1 aromatic carbocycles. The summed E-state index contributed by atoms with van der Waals surface area (Å²) in [7, 11) is 2.06. The molecule has 3 heterocycles. The number of hydrogen-bond donors (Lipinski definition) is 1. The maximum absolute atomic E-state index is 13.0. The molecular weight excluding hydrogens is 410 g/mol. The fraction of sp³-hybridized carbons (Fsp3) is 0.348. The van der Waals surface area contributed by atoms with Gasteiger partial charge in [-0.2, -0.15) is 5.10 Å². The molecule has 0 bridgehead atoms. The smallest absolute Gasteiger partial charge is 0.274 e. The fourth-order valence-corrected chi connectivity index (χ4v) is 4.43. The molecule has 3 aromatic rings. The van der Waals surface area contributed by atoms with Crippen LogP contribution in [0.2, 0.25) is 0 Å². The molecule has 1 unspecified atom stereocenters. The van der Waals surface area contributed by atoms with Gasteiger partial charge in [0.1, 0.15) is 6.54 Å². The number of benzene rings is 1. The van der Waals surface area contributed by atoms with Crippen molar-refractivity contribution in [3.63, 3.8) is 0 Å². The molecule has 0 aliphatic carbocycles. The zero-order valence-corrected chi connectivity index (χ0v) is 18.6. The van der Waals surface area contributed by atoms with Crippen molar-refractivity contribution in [3.8, 4) is 10.6 Å². The van der Waals surface area contributed by atoms with Crippen LogP contribution in [0, 0.1) is 0 Å². The molecule has 2 amide bonds. The molecule has 1 fully saturated rings. The predicted octanol–water partition coefficient (Wildman–Crippen LogP) is 2.88. The first kappa shape index (κ1) is 21.3. The highest BCUT2D eigenvalue weighted by molar-refractivity contribution is 7.13. The predicted molar refractivity (Wildman–Crippen MR) is 122 cm³/mol. The number of thiophene rings is 1. The summed E-state index contributed by atoms with van der Waals surface area (Å²) in [4.78, 5) is 30.8. The maximum atomic E-state index is 13.0. The van der Waals surface area contributed by atoms with Crippen molar-refractivity contribution < 1.29 is 9.59 Å². The summed E-state index contributed by atoms with van der Waals surface area (Å²) < 4.78 is 1.64. The Morgan fingerprint density at radius 1 is 1.10 bits per heavy atom. The lowest BCUT2D eigenvalue weighted by Gasteiger charge is -2.31. The molecule has 0 saturated carbocycles. The molecule has 1 saturated heterocycles. The van der Waals surface area contributed by atoms with Crippen LogP contribution in [-0.4, -0.2) is 64.6 Å². The molecule has 162 valence electrons. The van der Waals surface area contributed by atoms with Crippen molar-refractivity contribution in [1.82, 2.24) is 24.9 Å². The highest BCUT2D eigenvalue weighted by atomic mass is 32.1. The SMILES string of the molecule is CC(NC(=O)Cn1nc(C(=O)N2CCN(C)CC2)cc1-c1cccs1)c1ccccc1. The van der Waals surface area contributed by atoms with Crippen molar-refractivity contribution in [2.24, 2.45) is 0 Å². The average molecular weight is 438 g/mol. The minimum absolute atomic E-state index is 0.0560. The summed E-state index contributed by atoms with van der Waals surface area (Å²) >= 11 is 1.56. The number of nitrogens with one attached hydrogen (secondary N) is 1. The molecule has 7 nitrogen and oxygen atoms in total. The number of likely N-dealkylation sites (N-methyl/N-ethyl adjacent to an activating group) is 1. The van der Waals surface area contributed by atoms with Gasteiger partial charge in [-0.1, -0.05) is 36.4 Å². The summed E-state index contributed by atoms with van der Waals surface area (Å²) in [6, 6.07) is 15.5. The Balaban J connectivity index is 1.52. The topological polar surface area (TPSA) is 70.5 Å². The van der Waals surface area contributed by atoms with Crippen molar-refractivity contribution in [2.75, 3.05) is 33.2 Å². The Bertz CT molecular complexity index is 1020. The van der Waals surface area contributed by atoms with E-state index in [9.17, 15) is 9.59 Å². The number of nitrogens with zero attached hydrogens (tertiary/aromatic N) is 4. The third-order valence-electron chi connectivity index (χ3n) is 5.53. The van der Waals surface area contributed by atoms with Crippen molar-refractivity contribution >= 4 is 23.2 Å². The minimum Gasteiger partial charge on any atom is -0.348 e. The fourth-order valence-electron chi connectivity index (χ4n) is 3.68. The Hall–Kier alpha value is -2.97. The van der Waals surface area contributed by atoms with Gasteiger partial charge >= 0.3 is 0 Å². The summed E-state index contributed by atoms with van der Waals surface area (Å²) in [5.41, 5.74) is 2.22. The number of rotatable bonds is 6. The van der Waals surface area contributed by atoms with Crippen LogP contribution in [0.4, 0.5) is 0 Å². The lowest BCUT2D eigenvalue weighted by molar-refractivity contribution is -0.122. The zero-order valence-electron chi connectivity index (χ0n) is 17.8. The van der Waals surface area contributed by atoms with E-state index in [-0.39, 0.29) is 24.4 Å². The summed E-state index contributed by atoms with van der Waals surface area (Å²) in [6.45, 7) is 5.09. The Labute approximate surface area is 186 Å². The van der Waals surface area contributed by atoms with Gasteiger partial charge < -0.3 is 15.1 Å². The Kier molecular flexibility index (Phi) is 6.48. The van der Waals surface area contributed by atoms with Crippen LogP contribution in [0.15, 0.2) is 53.9 Å². The van der Waals surface area contributed by atoms with E-state index in [1.807, 2.05) is 59.7 Å². The average Bonchev–Trinajstić information content (AvgIpc) is 3.44. The normalized spacial score (nSPS) is 15.6. The van der Waals surface area contributed by atoms with Gasteiger partial charge in [0.15, 0.2) is 5.69 Å². The highest BCUT2D eigenvalue weighted by Gasteiger charge is 2.25. The van der Waals surface area contributed by atoms with E-state index in [1.54, 1.807) is 22.1 Å². The third kappa shape index (κ3) is 5.03. The number of amides is 2. The zero-order chi connectivity index (χ0) is 21.8. The largest absolute Gasteiger partial charge is 0.348 e. The van der Waals surface area contributed by atoms with Crippen LogP contribution < -0.4 is 5.32 Å². The van der Waals surface area contributed by atoms with Crippen LogP contribution in [-0.2, 0) is 11.3 Å². The minimum atomic E-state index is -0.143. The number of aromatic nitrogens is 2. The van der Waals surface area contributed by atoms with Crippen LogP contribution in [0.3, 0.4) is 0 Å². The van der Waals surface area contributed by atoms with Gasteiger partial charge in [0.25, 0.3) is 5.91 Å². The molecule has 0 spiro atoms. The van der Waals surface area contributed by atoms with Crippen LogP contribution in [0.5, 0.6) is 0 Å².